The fourth-order valence-corrected chi connectivity index (χ4v) is 4.14. The molecule has 2 aromatic carbocycles. The second-order valence-corrected chi connectivity index (χ2v) is 7.84. The van der Waals surface area contributed by atoms with Crippen LogP contribution in [0.25, 0.3) is 11.1 Å². The monoisotopic (exact) mass is 381 g/mol. The number of rotatable bonds is 5. The van der Waals surface area contributed by atoms with Gasteiger partial charge in [0.15, 0.2) is 11.5 Å². The smallest absolute Gasteiger partial charge is 0.317 e. The van der Waals surface area contributed by atoms with Crippen LogP contribution in [0.2, 0.25) is 0 Å². The Morgan fingerprint density at radius 3 is 2.63 bits per heavy atom. The first-order valence-corrected chi connectivity index (χ1v) is 10.3. The molecule has 0 spiro atoms. The number of hydrogen-bond acceptors (Lipinski definition) is 4. The van der Waals surface area contributed by atoms with Crippen molar-refractivity contribution in [2.24, 2.45) is 0 Å². The van der Waals surface area contributed by atoms with Crippen molar-refractivity contribution in [1.29, 1.82) is 0 Å². The molecule has 1 aliphatic rings. The highest BCUT2D eigenvalue weighted by molar-refractivity contribution is 7.99. The van der Waals surface area contributed by atoms with Gasteiger partial charge in [0.1, 0.15) is 5.52 Å². The van der Waals surface area contributed by atoms with Crippen molar-refractivity contribution in [3.8, 4) is 0 Å². The Hall–Kier alpha value is -2.47. The maximum atomic E-state index is 12.4. The Morgan fingerprint density at radius 1 is 1.11 bits per heavy atom. The van der Waals surface area contributed by atoms with Gasteiger partial charge in [-0.1, -0.05) is 30.3 Å². The third-order valence-electron chi connectivity index (χ3n) is 4.83. The van der Waals surface area contributed by atoms with Crippen LogP contribution in [0.1, 0.15) is 24.7 Å². The third kappa shape index (κ3) is 4.45. The van der Waals surface area contributed by atoms with Crippen LogP contribution in [0.3, 0.4) is 0 Å². The molecule has 27 heavy (non-hydrogen) atoms. The van der Waals surface area contributed by atoms with Gasteiger partial charge in [-0.15, -0.1) is 11.8 Å². The van der Waals surface area contributed by atoms with Gasteiger partial charge >= 0.3 is 6.03 Å². The second kappa shape index (κ2) is 8.48. The van der Waals surface area contributed by atoms with Crippen molar-refractivity contribution in [2.45, 2.75) is 23.7 Å². The average molecular weight is 382 g/mol. The van der Waals surface area contributed by atoms with Crippen molar-refractivity contribution in [3.63, 3.8) is 0 Å². The summed E-state index contributed by atoms with van der Waals surface area (Å²) in [5.74, 6) is 1.96. The van der Waals surface area contributed by atoms with Gasteiger partial charge in [0.25, 0.3) is 0 Å². The molecule has 4 rings (SSSR count). The van der Waals surface area contributed by atoms with Gasteiger partial charge in [-0.2, -0.15) is 0 Å². The summed E-state index contributed by atoms with van der Waals surface area (Å²) < 4.78 is 5.89. The molecule has 1 aromatic heterocycles. The number of nitrogens with zero attached hydrogens (tertiary/aromatic N) is 2. The predicted molar refractivity (Wildman–Crippen MR) is 108 cm³/mol. The van der Waals surface area contributed by atoms with E-state index in [0.29, 0.717) is 6.54 Å². The highest BCUT2D eigenvalue weighted by Gasteiger charge is 2.26. The standard InChI is InChI=1S/C21H23N3O2S/c25-21(22-12-15-27-17-6-2-1-3-7-17)24-13-10-16(11-14-24)20-23-18-8-4-5-9-19(18)26-20/h1-9,16H,10-15H2,(H,22,25). The lowest BCUT2D eigenvalue weighted by Crippen LogP contribution is -2.44. The van der Waals surface area contributed by atoms with Gasteiger partial charge in [-0.25, -0.2) is 9.78 Å². The molecule has 0 bridgehead atoms. The van der Waals surface area contributed by atoms with Crippen molar-refractivity contribution < 1.29 is 9.21 Å². The van der Waals surface area contributed by atoms with Crippen LogP contribution in [0, 0.1) is 0 Å². The minimum absolute atomic E-state index is 0.0275. The molecule has 1 saturated heterocycles. The van der Waals surface area contributed by atoms with E-state index in [4.69, 9.17) is 4.42 Å². The zero-order valence-corrected chi connectivity index (χ0v) is 16.0. The first-order chi connectivity index (χ1) is 13.3. The third-order valence-corrected chi connectivity index (χ3v) is 5.85. The molecule has 1 fully saturated rings. The minimum atomic E-state index is 0.0275. The van der Waals surface area contributed by atoms with E-state index in [1.54, 1.807) is 11.8 Å². The van der Waals surface area contributed by atoms with Gasteiger partial charge in [0, 0.05) is 36.2 Å². The van der Waals surface area contributed by atoms with Crippen molar-refractivity contribution >= 4 is 28.9 Å². The van der Waals surface area contributed by atoms with E-state index >= 15 is 0 Å². The number of carbonyl (C=O) groups is 1. The molecule has 0 saturated carbocycles. The summed E-state index contributed by atoms with van der Waals surface area (Å²) >= 11 is 1.75. The molecule has 0 atom stereocenters. The van der Waals surface area contributed by atoms with Gasteiger partial charge in [-0.05, 0) is 37.1 Å². The van der Waals surface area contributed by atoms with E-state index < -0.39 is 0 Å². The summed E-state index contributed by atoms with van der Waals surface area (Å²) in [7, 11) is 0. The Kier molecular flexibility index (Phi) is 5.63. The zero-order chi connectivity index (χ0) is 18.5. The lowest BCUT2D eigenvalue weighted by molar-refractivity contribution is 0.178. The van der Waals surface area contributed by atoms with Crippen LogP contribution in [0.15, 0.2) is 63.9 Å². The Bertz CT molecular complexity index is 856. The quantitative estimate of drug-likeness (QED) is 0.522. The van der Waals surface area contributed by atoms with Crippen LogP contribution < -0.4 is 5.32 Å². The SMILES string of the molecule is O=C(NCCSc1ccccc1)N1CCC(c2nc3ccccc3o2)CC1. The Balaban J connectivity index is 1.22. The van der Waals surface area contributed by atoms with Gasteiger partial charge in [-0.3, -0.25) is 0 Å². The number of carbonyl (C=O) groups excluding carboxylic acids is 1. The summed E-state index contributed by atoms with van der Waals surface area (Å²) in [5.41, 5.74) is 1.74. The van der Waals surface area contributed by atoms with E-state index in [2.05, 4.69) is 22.4 Å². The Morgan fingerprint density at radius 2 is 1.85 bits per heavy atom. The summed E-state index contributed by atoms with van der Waals surface area (Å²) in [6.45, 7) is 2.14. The number of urea groups is 1. The van der Waals surface area contributed by atoms with E-state index in [9.17, 15) is 4.79 Å². The van der Waals surface area contributed by atoms with Crippen LogP contribution in [-0.4, -0.2) is 41.3 Å². The number of hydrogen-bond donors (Lipinski definition) is 1. The number of piperidine rings is 1. The lowest BCUT2D eigenvalue weighted by Gasteiger charge is -2.30. The minimum Gasteiger partial charge on any atom is -0.440 e. The predicted octanol–water partition coefficient (Wildman–Crippen LogP) is 4.51. The van der Waals surface area contributed by atoms with Crippen LogP contribution in [0.5, 0.6) is 0 Å². The molecule has 2 amide bonds. The molecule has 3 aromatic rings. The van der Waals surface area contributed by atoms with Crippen molar-refractivity contribution in [2.75, 3.05) is 25.4 Å². The summed E-state index contributed by atoms with van der Waals surface area (Å²) in [6, 6.07) is 18.1. The maximum Gasteiger partial charge on any atom is 0.317 e. The van der Waals surface area contributed by atoms with E-state index in [0.717, 1.165) is 48.7 Å². The van der Waals surface area contributed by atoms with Crippen molar-refractivity contribution in [1.82, 2.24) is 15.2 Å². The molecule has 1 N–H and O–H groups in total. The van der Waals surface area contributed by atoms with Crippen LogP contribution in [0.4, 0.5) is 4.79 Å². The molecule has 140 valence electrons. The molecule has 2 heterocycles. The molecule has 1 aliphatic heterocycles. The topological polar surface area (TPSA) is 58.4 Å². The molecular weight excluding hydrogens is 358 g/mol. The van der Waals surface area contributed by atoms with Gasteiger partial charge in [0.05, 0.1) is 0 Å². The molecule has 0 aliphatic carbocycles. The first kappa shape index (κ1) is 17.9. The van der Waals surface area contributed by atoms with Gasteiger partial charge < -0.3 is 14.6 Å². The first-order valence-electron chi connectivity index (χ1n) is 9.36. The van der Waals surface area contributed by atoms with Crippen molar-refractivity contribution in [3.05, 3.63) is 60.5 Å². The van der Waals surface area contributed by atoms with Crippen LogP contribution >= 0.6 is 11.8 Å². The van der Waals surface area contributed by atoms with E-state index in [1.807, 2.05) is 47.4 Å². The number of nitrogens with one attached hydrogen (secondary N) is 1. The number of aromatic nitrogens is 1. The number of oxazole rings is 1. The van der Waals surface area contributed by atoms with E-state index in [-0.39, 0.29) is 11.9 Å². The highest BCUT2D eigenvalue weighted by atomic mass is 32.2. The van der Waals surface area contributed by atoms with Gasteiger partial charge in [0.2, 0.25) is 0 Å². The number of likely N-dealkylation sites (tertiary alicyclic amines) is 1. The largest absolute Gasteiger partial charge is 0.440 e. The van der Waals surface area contributed by atoms with E-state index in [1.165, 1.54) is 4.90 Å². The molecule has 0 unspecified atom stereocenters. The summed E-state index contributed by atoms with van der Waals surface area (Å²) in [5, 5.41) is 3.03. The maximum absolute atomic E-state index is 12.4. The van der Waals surface area contributed by atoms with Crippen LogP contribution in [-0.2, 0) is 0 Å². The number of benzene rings is 2. The summed E-state index contributed by atoms with van der Waals surface area (Å²) in [6.07, 6.45) is 1.78. The fraction of sp³-hybridized carbons (Fsp3) is 0.333. The zero-order valence-electron chi connectivity index (χ0n) is 15.1. The average Bonchev–Trinajstić information content (AvgIpc) is 3.16. The fourth-order valence-electron chi connectivity index (χ4n) is 3.35. The Labute approximate surface area is 163 Å². The lowest BCUT2D eigenvalue weighted by atomic mass is 9.97. The molecule has 0 radical (unpaired) electrons. The molecule has 5 nitrogen and oxygen atoms in total. The normalized spacial score (nSPS) is 15.2. The number of fused-ring (bicyclic) bond motifs is 1. The number of thioether (sulfide) groups is 1. The molecular formula is C21H23N3O2S. The summed E-state index contributed by atoms with van der Waals surface area (Å²) in [4.78, 5) is 20.1. The molecule has 6 heteroatoms. The highest BCUT2D eigenvalue weighted by Crippen LogP contribution is 2.29. The number of amides is 2. The number of para-hydroxylation sites is 2. The second-order valence-electron chi connectivity index (χ2n) is 6.67.